The van der Waals surface area contributed by atoms with Crippen LogP contribution in [0.2, 0.25) is 0 Å². The first-order valence-corrected chi connectivity index (χ1v) is 8.17. The van der Waals surface area contributed by atoms with Crippen LogP contribution in [0.25, 0.3) is 0 Å². The molecule has 4 nitrogen and oxygen atoms in total. The predicted octanol–water partition coefficient (Wildman–Crippen LogP) is 3.59. The van der Waals surface area contributed by atoms with E-state index in [4.69, 9.17) is 17.0 Å². The number of ether oxygens (including phenoxy) is 1. The van der Waals surface area contributed by atoms with Crippen LogP contribution in [-0.4, -0.2) is 36.1 Å². The molecule has 0 aliphatic rings. The third-order valence-electron chi connectivity index (χ3n) is 2.90. The molecule has 0 radical (unpaired) electrons. The predicted molar refractivity (Wildman–Crippen MR) is 92.9 cm³/mol. The molecule has 1 N–H and O–H groups in total. The van der Waals surface area contributed by atoms with E-state index in [1.807, 2.05) is 11.0 Å². The molecule has 0 aliphatic carbocycles. The SMILES string of the molecule is CCCN(CCC)C(=S)NC(=O)c1cc(Br)ccc1OC. The molecule has 1 amide bonds. The summed E-state index contributed by atoms with van der Waals surface area (Å²) in [6, 6.07) is 5.30. The molecule has 0 unspecified atom stereocenters. The Morgan fingerprint density at radius 3 is 2.48 bits per heavy atom. The smallest absolute Gasteiger partial charge is 0.261 e. The lowest BCUT2D eigenvalue weighted by Crippen LogP contribution is -2.43. The zero-order chi connectivity index (χ0) is 15.8. The van der Waals surface area contributed by atoms with Gasteiger partial charge in [-0.15, -0.1) is 0 Å². The monoisotopic (exact) mass is 372 g/mol. The molecule has 116 valence electrons. The van der Waals surface area contributed by atoms with Crippen molar-refractivity contribution in [1.82, 2.24) is 10.2 Å². The number of nitrogens with zero attached hydrogens (tertiary/aromatic N) is 1. The van der Waals surface area contributed by atoms with Crippen LogP contribution in [-0.2, 0) is 0 Å². The summed E-state index contributed by atoms with van der Waals surface area (Å²) in [4.78, 5) is 14.4. The van der Waals surface area contributed by atoms with E-state index in [1.54, 1.807) is 19.2 Å². The summed E-state index contributed by atoms with van der Waals surface area (Å²) in [6.45, 7) is 5.85. The van der Waals surface area contributed by atoms with E-state index in [0.29, 0.717) is 16.4 Å². The third-order valence-corrected chi connectivity index (χ3v) is 3.75. The Balaban J connectivity index is 2.84. The number of halogens is 1. The van der Waals surface area contributed by atoms with Crippen LogP contribution in [0.1, 0.15) is 37.0 Å². The molecule has 0 heterocycles. The highest BCUT2D eigenvalue weighted by Crippen LogP contribution is 2.22. The van der Waals surface area contributed by atoms with Gasteiger partial charge in [-0.1, -0.05) is 29.8 Å². The fraction of sp³-hybridized carbons (Fsp3) is 0.467. The summed E-state index contributed by atoms with van der Waals surface area (Å²) in [6.07, 6.45) is 1.96. The largest absolute Gasteiger partial charge is 0.496 e. The van der Waals surface area contributed by atoms with Crippen LogP contribution in [0.5, 0.6) is 5.75 Å². The molecule has 0 aromatic heterocycles. The van der Waals surface area contributed by atoms with Crippen LogP contribution in [0.4, 0.5) is 0 Å². The summed E-state index contributed by atoms with van der Waals surface area (Å²) >= 11 is 8.70. The minimum Gasteiger partial charge on any atom is -0.496 e. The minimum absolute atomic E-state index is 0.254. The molecule has 1 aromatic rings. The summed E-state index contributed by atoms with van der Waals surface area (Å²) < 4.78 is 6.04. The molecule has 0 fully saturated rings. The van der Waals surface area contributed by atoms with Crippen LogP contribution in [0.3, 0.4) is 0 Å². The standard InChI is InChI=1S/C15H21BrN2O2S/c1-4-8-18(9-5-2)15(21)17-14(19)12-10-11(16)6-7-13(12)20-3/h6-7,10H,4-5,8-9H2,1-3H3,(H,17,19,21). The van der Waals surface area contributed by atoms with E-state index < -0.39 is 0 Å². The first-order valence-electron chi connectivity index (χ1n) is 6.97. The van der Waals surface area contributed by atoms with Gasteiger partial charge in [0, 0.05) is 17.6 Å². The van der Waals surface area contributed by atoms with Gasteiger partial charge < -0.3 is 9.64 Å². The Morgan fingerprint density at radius 2 is 1.95 bits per heavy atom. The maximum Gasteiger partial charge on any atom is 0.261 e. The van der Waals surface area contributed by atoms with Crippen molar-refractivity contribution in [1.29, 1.82) is 0 Å². The highest BCUT2D eigenvalue weighted by Gasteiger charge is 2.16. The number of carbonyl (C=O) groups excluding carboxylic acids is 1. The molecular weight excluding hydrogens is 352 g/mol. The fourth-order valence-corrected chi connectivity index (χ4v) is 2.59. The van der Waals surface area contributed by atoms with Crippen LogP contribution < -0.4 is 10.1 Å². The van der Waals surface area contributed by atoms with E-state index in [2.05, 4.69) is 35.1 Å². The van der Waals surface area contributed by atoms with Crippen molar-refractivity contribution in [3.63, 3.8) is 0 Å². The normalized spacial score (nSPS) is 10.1. The molecule has 0 spiro atoms. The number of benzene rings is 1. The molecule has 1 aromatic carbocycles. The molecule has 0 aliphatic heterocycles. The van der Waals surface area contributed by atoms with Crippen molar-refractivity contribution in [3.05, 3.63) is 28.2 Å². The lowest BCUT2D eigenvalue weighted by molar-refractivity contribution is 0.0970. The molecule has 0 bridgehead atoms. The second-order valence-corrected chi connectivity index (χ2v) is 5.89. The van der Waals surface area contributed by atoms with Crippen molar-refractivity contribution >= 4 is 39.2 Å². The van der Waals surface area contributed by atoms with Gasteiger partial charge in [-0.3, -0.25) is 10.1 Å². The van der Waals surface area contributed by atoms with Gasteiger partial charge in [0.1, 0.15) is 5.75 Å². The molecule has 0 saturated carbocycles. The second kappa shape index (κ2) is 9.00. The number of amides is 1. The van der Waals surface area contributed by atoms with E-state index in [0.717, 1.165) is 30.4 Å². The van der Waals surface area contributed by atoms with Crippen molar-refractivity contribution < 1.29 is 9.53 Å². The summed E-state index contributed by atoms with van der Waals surface area (Å²) in [7, 11) is 1.54. The second-order valence-electron chi connectivity index (χ2n) is 4.59. The summed E-state index contributed by atoms with van der Waals surface area (Å²) in [5.41, 5.74) is 0.460. The van der Waals surface area contributed by atoms with E-state index in [-0.39, 0.29) is 5.91 Å². The van der Waals surface area contributed by atoms with Gasteiger partial charge in [0.15, 0.2) is 5.11 Å². The molecule has 6 heteroatoms. The fourth-order valence-electron chi connectivity index (χ4n) is 1.96. The Labute approximate surface area is 140 Å². The zero-order valence-electron chi connectivity index (χ0n) is 12.6. The Kier molecular flexibility index (Phi) is 7.67. The highest BCUT2D eigenvalue weighted by molar-refractivity contribution is 9.10. The van der Waals surface area contributed by atoms with Crippen molar-refractivity contribution in [2.75, 3.05) is 20.2 Å². The van der Waals surface area contributed by atoms with E-state index >= 15 is 0 Å². The topological polar surface area (TPSA) is 41.6 Å². The molecule has 1 rings (SSSR count). The lowest BCUT2D eigenvalue weighted by Gasteiger charge is -2.24. The number of methoxy groups -OCH3 is 1. The van der Waals surface area contributed by atoms with E-state index in [9.17, 15) is 4.79 Å². The number of hydrogen-bond donors (Lipinski definition) is 1. The van der Waals surface area contributed by atoms with Gasteiger partial charge in [0.05, 0.1) is 12.7 Å². The average molecular weight is 373 g/mol. The quantitative estimate of drug-likeness (QED) is 0.774. The third kappa shape index (κ3) is 5.28. The molecule has 21 heavy (non-hydrogen) atoms. The van der Waals surface area contributed by atoms with Crippen LogP contribution in [0, 0.1) is 0 Å². The van der Waals surface area contributed by atoms with Crippen molar-refractivity contribution in [2.45, 2.75) is 26.7 Å². The first kappa shape index (κ1) is 17.9. The van der Waals surface area contributed by atoms with Crippen LogP contribution in [0.15, 0.2) is 22.7 Å². The van der Waals surface area contributed by atoms with Crippen molar-refractivity contribution in [3.8, 4) is 5.75 Å². The maximum atomic E-state index is 12.4. The Hall–Kier alpha value is -1.14. The number of rotatable bonds is 6. The lowest BCUT2D eigenvalue weighted by atomic mass is 10.2. The number of nitrogens with one attached hydrogen (secondary N) is 1. The summed E-state index contributed by atoms with van der Waals surface area (Å²) in [5, 5.41) is 3.25. The molecule has 0 atom stereocenters. The molecule has 0 saturated heterocycles. The van der Waals surface area contributed by atoms with Gasteiger partial charge in [0.25, 0.3) is 5.91 Å². The zero-order valence-corrected chi connectivity index (χ0v) is 15.0. The number of hydrogen-bond acceptors (Lipinski definition) is 3. The van der Waals surface area contributed by atoms with Gasteiger partial charge in [-0.05, 0) is 43.3 Å². The highest BCUT2D eigenvalue weighted by atomic mass is 79.9. The minimum atomic E-state index is -0.254. The van der Waals surface area contributed by atoms with Gasteiger partial charge >= 0.3 is 0 Å². The Morgan fingerprint density at radius 1 is 1.33 bits per heavy atom. The van der Waals surface area contributed by atoms with Gasteiger partial charge in [0.2, 0.25) is 0 Å². The maximum absolute atomic E-state index is 12.4. The Bertz CT molecular complexity index is 502. The van der Waals surface area contributed by atoms with Crippen LogP contribution >= 0.6 is 28.1 Å². The average Bonchev–Trinajstić information content (AvgIpc) is 2.46. The molecular formula is C15H21BrN2O2S. The summed E-state index contributed by atoms with van der Waals surface area (Å²) in [5.74, 6) is 0.270. The number of thiocarbonyl (C=S) groups is 1. The first-order chi connectivity index (χ1) is 10.0. The van der Waals surface area contributed by atoms with Gasteiger partial charge in [-0.25, -0.2) is 0 Å². The van der Waals surface area contributed by atoms with Gasteiger partial charge in [-0.2, -0.15) is 0 Å². The number of carbonyl (C=O) groups is 1. The van der Waals surface area contributed by atoms with Crippen molar-refractivity contribution in [2.24, 2.45) is 0 Å². The van der Waals surface area contributed by atoms with E-state index in [1.165, 1.54) is 0 Å².